The first-order chi connectivity index (χ1) is 9.52. The number of hydrogen-bond donors (Lipinski definition) is 0. The summed E-state index contributed by atoms with van der Waals surface area (Å²) < 4.78 is 4.94. The van der Waals surface area contributed by atoms with Crippen molar-refractivity contribution in [3.8, 4) is 0 Å². The second-order valence-corrected chi connectivity index (χ2v) is 5.53. The zero-order chi connectivity index (χ0) is 14.7. The standard InChI is InChI=1S/C15H15NO3S/c1-4-19-15(18)12-14(20-10(3)16-12)13(17)11-7-5-9(2)6-8-11/h5-8H,4H2,1-3H3. The summed E-state index contributed by atoms with van der Waals surface area (Å²) in [6, 6.07) is 7.24. The smallest absolute Gasteiger partial charge is 0.358 e. The van der Waals surface area contributed by atoms with E-state index < -0.39 is 5.97 Å². The summed E-state index contributed by atoms with van der Waals surface area (Å²) in [5, 5.41) is 0.670. The number of nitrogens with zero attached hydrogens (tertiary/aromatic N) is 1. The Morgan fingerprint density at radius 2 is 1.85 bits per heavy atom. The van der Waals surface area contributed by atoms with E-state index in [9.17, 15) is 9.59 Å². The molecule has 1 heterocycles. The van der Waals surface area contributed by atoms with Crippen molar-refractivity contribution in [3.63, 3.8) is 0 Å². The highest BCUT2D eigenvalue weighted by Crippen LogP contribution is 2.22. The lowest BCUT2D eigenvalue weighted by Gasteiger charge is -2.02. The lowest BCUT2D eigenvalue weighted by Crippen LogP contribution is -2.11. The molecule has 0 N–H and O–H groups in total. The van der Waals surface area contributed by atoms with E-state index in [1.807, 2.05) is 19.1 Å². The Morgan fingerprint density at radius 3 is 2.45 bits per heavy atom. The fraction of sp³-hybridized carbons (Fsp3) is 0.267. The molecule has 0 aliphatic heterocycles. The second-order valence-electron chi connectivity index (χ2n) is 4.33. The molecule has 0 spiro atoms. The van der Waals surface area contributed by atoms with E-state index in [1.165, 1.54) is 11.3 Å². The lowest BCUT2D eigenvalue weighted by molar-refractivity contribution is 0.0517. The molecule has 0 amide bonds. The summed E-state index contributed by atoms with van der Waals surface area (Å²) in [5.74, 6) is -0.744. The van der Waals surface area contributed by atoms with Crippen molar-refractivity contribution in [3.05, 3.63) is 51.0 Å². The zero-order valence-electron chi connectivity index (χ0n) is 11.6. The van der Waals surface area contributed by atoms with Gasteiger partial charge < -0.3 is 4.74 Å². The average molecular weight is 289 g/mol. The molecule has 0 saturated carbocycles. The first-order valence-corrected chi connectivity index (χ1v) is 7.10. The molecule has 0 saturated heterocycles. The molecule has 104 valence electrons. The molecule has 0 atom stereocenters. The minimum atomic E-state index is -0.549. The highest BCUT2D eigenvalue weighted by atomic mass is 32.1. The summed E-state index contributed by atoms with van der Waals surface area (Å²) in [7, 11) is 0. The first-order valence-electron chi connectivity index (χ1n) is 6.28. The van der Waals surface area contributed by atoms with Crippen LogP contribution in [-0.2, 0) is 4.74 Å². The van der Waals surface area contributed by atoms with Gasteiger partial charge in [0.2, 0.25) is 5.78 Å². The monoisotopic (exact) mass is 289 g/mol. The van der Waals surface area contributed by atoms with Gasteiger partial charge in [0.25, 0.3) is 0 Å². The predicted molar refractivity (Wildman–Crippen MR) is 77.4 cm³/mol. The van der Waals surface area contributed by atoms with Crippen molar-refractivity contribution < 1.29 is 14.3 Å². The molecular weight excluding hydrogens is 274 g/mol. The topological polar surface area (TPSA) is 56.3 Å². The maximum atomic E-state index is 12.5. The molecule has 1 aromatic carbocycles. The highest BCUT2D eigenvalue weighted by Gasteiger charge is 2.24. The van der Waals surface area contributed by atoms with Gasteiger partial charge >= 0.3 is 5.97 Å². The van der Waals surface area contributed by atoms with Gasteiger partial charge in [0.15, 0.2) is 5.69 Å². The van der Waals surface area contributed by atoms with Crippen LogP contribution in [0.5, 0.6) is 0 Å². The molecule has 0 fully saturated rings. The van der Waals surface area contributed by atoms with Crippen LogP contribution in [0.2, 0.25) is 0 Å². The van der Waals surface area contributed by atoms with E-state index in [4.69, 9.17) is 4.74 Å². The van der Waals surface area contributed by atoms with Crippen molar-refractivity contribution in [1.82, 2.24) is 4.98 Å². The minimum Gasteiger partial charge on any atom is -0.461 e. The van der Waals surface area contributed by atoms with Gasteiger partial charge in [-0.25, -0.2) is 9.78 Å². The number of benzene rings is 1. The summed E-state index contributed by atoms with van der Waals surface area (Å²) in [5.41, 5.74) is 1.73. The van der Waals surface area contributed by atoms with Crippen LogP contribution in [0.25, 0.3) is 0 Å². The van der Waals surface area contributed by atoms with Crippen molar-refractivity contribution in [1.29, 1.82) is 0 Å². The average Bonchev–Trinajstić information content (AvgIpc) is 2.81. The third-order valence-corrected chi connectivity index (χ3v) is 3.69. The Labute approximate surface area is 121 Å². The van der Waals surface area contributed by atoms with Gasteiger partial charge in [-0.2, -0.15) is 0 Å². The second kappa shape index (κ2) is 5.96. The van der Waals surface area contributed by atoms with Gasteiger partial charge in [0.05, 0.1) is 11.6 Å². The molecule has 0 radical (unpaired) electrons. The largest absolute Gasteiger partial charge is 0.461 e. The Bertz CT molecular complexity index is 644. The Morgan fingerprint density at radius 1 is 1.20 bits per heavy atom. The lowest BCUT2D eigenvalue weighted by atomic mass is 10.1. The summed E-state index contributed by atoms with van der Waals surface area (Å²) in [6.07, 6.45) is 0. The number of rotatable bonds is 4. The first kappa shape index (κ1) is 14.4. The van der Waals surface area contributed by atoms with E-state index in [0.29, 0.717) is 15.4 Å². The van der Waals surface area contributed by atoms with Gasteiger partial charge in [-0.15, -0.1) is 11.3 Å². The third-order valence-electron chi connectivity index (χ3n) is 2.72. The third kappa shape index (κ3) is 2.93. The molecule has 2 aromatic rings. The molecular formula is C15H15NO3S. The number of esters is 1. The summed E-state index contributed by atoms with van der Waals surface area (Å²) in [4.78, 5) is 28.8. The molecule has 0 aliphatic carbocycles. The molecule has 0 unspecified atom stereocenters. The number of aryl methyl sites for hydroxylation is 2. The van der Waals surface area contributed by atoms with Gasteiger partial charge in [-0.1, -0.05) is 29.8 Å². The van der Waals surface area contributed by atoms with Gasteiger partial charge in [0, 0.05) is 5.56 Å². The molecule has 20 heavy (non-hydrogen) atoms. The molecule has 0 aliphatic rings. The fourth-order valence-electron chi connectivity index (χ4n) is 1.75. The van der Waals surface area contributed by atoms with Crippen LogP contribution in [0, 0.1) is 13.8 Å². The number of ether oxygens (including phenoxy) is 1. The highest BCUT2D eigenvalue weighted by molar-refractivity contribution is 7.14. The van der Waals surface area contributed by atoms with Gasteiger partial charge in [0.1, 0.15) is 4.88 Å². The zero-order valence-corrected chi connectivity index (χ0v) is 12.4. The van der Waals surface area contributed by atoms with Crippen molar-refractivity contribution in [2.75, 3.05) is 6.61 Å². The van der Waals surface area contributed by atoms with Crippen LogP contribution >= 0.6 is 11.3 Å². The van der Waals surface area contributed by atoms with Crippen LogP contribution in [0.3, 0.4) is 0 Å². The molecule has 1 aromatic heterocycles. The number of thiazole rings is 1. The van der Waals surface area contributed by atoms with Crippen LogP contribution in [-0.4, -0.2) is 23.3 Å². The Kier molecular flexibility index (Phi) is 4.29. The minimum absolute atomic E-state index is 0.111. The van der Waals surface area contributed by atoms with E-state index in [2.05, 4.69) is 4.98 Å². The van der Waals surface area contributed by atoms with Crippen molar-refractivity contribution in [2.24, 2.45) is 0 Å². The molecule has 0 bridgehead atoms. The molecule has 4 nitrogen and oxygen atoms in total. The number of carbonyl (C=O) groups excluding carboxylic acids is 2. The normalized spacial score (nSPS) is 10.3. The van der Waals surface area contributed by atoms with Crippen LogP contribution in [0.4, 0.5) is 0 Å². The molecule has 2 rings (SSSR count). The Balaban J connectivity index is 2.39. The van der Waals surface area contributed by atoms with E-state index in [-0.39, 0.29) is 18.1 Å². The van der Waals surface area contributed by atoms with Gasteiger partial charge in [-0.05, 0) is 20.8 Å². The number of aromatic nitrogens is 1. The number of carbonyl (C=O) groups is 2. The number of hydrogen-bond acceptors (Lipinski definition) is 5. The fourth-order valence-corrected chi connectivity index (χ4v) is 2.62. The number of ketones is 1. The summed E-state index contributed by atoms with van der Waals surface area (Å²) >= 11 is 1.21. The van der Waals surface area contributed by atoms with Crippen molar-refractivity contribution >= 4 is 23.1 Å². The van der Waals surface area contributed by atoms with Crippen LogP contribution in [0.15, 0.2) is 24.3 Å². The predicted octanol–water partition coefficient (Wildman–Crippen LogP) is 3.17. The van der Waals surface area contributed by atoms with E-state index in [1.54, 1.807) is 26.0 Å². The molecule has 5 heteroatoms. The van der Waals surface area contributed by atoms with Crippen LogP contribution < -0.4 is 0 Å². The quantitative estimate of drug-likeness (QED) is 0.641. The van der Waals surface area contributed by atoms with Crippen LogP contribution in [0.1, 0.15) is 43.2 Å². The summed E-state index contributed by atoms with van der Waals surface area (Å²) in [6.45, 7) is 5.70. The maximum absolute atomic E-state index is 12.5. The van der Waals surface area contributed by atoms with E-state index >= 15 is 0 Å². The van der Waals surface area contributed by atoms with Gasteiger partial charge in [-0.3, -0.25) is 4.79 Å². The Hall–Kier alpha value is -2.01. The van der Waals surface area contributed by atoms with Crippen molar-refractivity contribution in [2.45, 2.75) is 20.8 Å². The maximum Gasteiger partial charge on any atom is 0.358 e. The van der Waals surface area contributed by atoms with E-state index in [0.717, 1.165) is 5.56 Å². The SMILES string of the molecule is CCOC(=O)c1nc(C)sc1C(=O)c1ccc(C)cc1.